The lowest BCUT2D eigenvalue weighted by Gasteiger charge is -2.17. The highest BCUT2D eigenvalue weighted by molar-refractivity contribution is 7.14. The number of amides is 3. The number of pyridine rings is 2. The average Bonchev–Trinajstić information content (AvgIpc) is 3.73. The molecule has 1 saturated heterocycles. The largest absolute Gasteiger partial charge is 0.477 e. The lowest BCUT2D eigenvalue weighted by atomic mass is 10.1. The number of H-pyrrole nitrogens is 1. The Morgan fingerprint density at radius 2 is 2.00 bits per heavy atom. The van der Waals surface area contributed by atoms with Gasteiger partial charge in [0, 0.05) is 42.2 Å². The van der Waals surface area contributed by atoms with E-state index in [-0.39, 0.29) is 11.8 Å². The summed E-state index contributed by atoms with van der Waals surface area (Å²) in [6.45, 7) is 1.69. The van der Waals surface area contributed by atoms with Crippen molar-refractivity contribution in [1.82, 2.24) is 29.8 Å². The van der Waals surface area contributed by atoms with Gasteiger partial charge in [-0.3, -0.25) is 20.4 Å². The molecule has 12 heteroatoms. The van der Waals surface area contributed by atoms with Crippen LogP contribution in [-0.4, -0.2) is 61.5 Å². The number of anilines is 2. The number of carbonyl (C=O) groups is 2. The molecular formula is C27H24N8O3S. The minimum atomic E-state index is -0.458. The Morgan fingerprint density at radius 1 is 1.05 bits per heavy atom. The fourth-order valence-corrected chi connectivity index (χ4v) is 5.08. The van der Waals surface area contributed by atoms with E-state index in [9.17, 15) is 9.59 Å². The maximum absolute atomic E-state index is 13.0. The van der Waals surface area contributed by atoms with Crippen molar-refractivity contribution in [3.05, 3.63) is 78.1 Å². The molecule has 196 valence electrons. The van der Waals surface area contributed by atoms with Gasteiger partial charge in [-0.05, 0) is 42.8 Å². The molecule has 3 N–H and O–H groups in total. The highest BCUT2D eigenvalue weighted by Crippen LogP contribution is 2.24. The number of ether oxygens (including phenoxy) is 1. The molecule has 0 saturated carbocycles. The van der Waals surface area contributed by atoms with Crippen molar-refractivity contribution < 1.29 is 14.3 Å². The third-order valence-electron chi connectivity index (χ3n) is 6.32. The molecular weight excluding hydrogens is 516 g/mol. The molecule has 39 heavy (non-hydrogen) atoms. The van der Waals surface area contributed by atoms with Crippen LogP contribution in [0.5, 0.6) is 5.88 Å². The number of hydrogen-bond acceptors (Lipinski definition) is 8. The lowest BCUT2D eigenvalue weighted by Crippen LogP contribution is -2.29. The predicted molar refractivity (Wildman–Crippen MR) is 148 cm³/mol. The molecule has 5 heterocycles. The summed E-state index contributed by atoms with van der Waals surface area (Å²) in [7, 11) is 0. The molecule has 1 fully saturated rings. The highest BCUT2D eigenvalue weighted by Gasteiger charge is 2.27. The van der Waals surface area contributed by atoms with Crippen LogP contribution < -0.4 is 15.4 Å². The van der Waals surface area contributed by atoms with E-state index in [2.05, 4.69) is 35.6 Å². The number of benzene rings is 1. The summed E-state index contributed by atoms with van der Waals surface area (Å²) < 4.78 is 5.91. The SMILES string of the molecule is O=C(Nc1cccc(OCC2CCN(C(=O)c3ccc4nc[nH]c4c3)C2)n1)Nc1nc(-c2ccccn2)cs1. The van der Waals surface area contributed by atoms with Crippen molar-refractivity contribution in [1.29, 1.82) is 0 Å². The van der Waals surface area contributed by atoms with Crippen LogP contribution >= 0.6 is 11.3 Å². The highest BCUT2D eigenvalue weighted by atomic mass is 32.1. The molecule has 0 spiro atoms. The molecule has 1 aliphatic heterocycles. The van der Waals surface area contributed by atoms with E-state index < -0.39 is 6.03 Å². The number of aromatic amines is 1. The summed E-state index contributed by atoms with van der Waals surface area (Å²) in [5.74, 6) is 0.930. The van der Waals surface area contributed by atoms with E-state index in [1.807, 2.05) is 46.7 Å². The van der Waals surface area contributed by atoms with E-state index >= 15 is 0 Å². The van der Waals surface area contributed by atoms with Crippen molar-refractivity contribution in [2.75, 3.05) is 30.3 Å². The molecule has 3 amide bonds. The maximum atomic E-state index is 13.0. The summed E-state index contributed by atoms with van der Waals surface area (Å²) >= 11 is 1.31. The fourth-order valence-electron chi connectivity index (χ4n) is 4.38. The molecule has 5 aromatic rings. The minimum Gasteiger partial charge on any atom is -0.477 e. The first-order chi connectivity index (χ1) is 19.1. The zero-order valence-electron chi connectivity index (χ0n) is 20.7. The molecule has 4 aromatic heterocycles. The number of urea groups is 1. The van der Waals surface area contributed by atoms with Crippen molar-refractivity contribution in [2.24, 2.45) is 5.92 Å². The van der Waals surface area contributed by atoms with Crippen molar-refractivity contribution in [3.8, 4) is 17.3 Å². The van der Waals surface area contributed by atoms with Gasteiger partial charge < -0.3 is 14.6 Å². The number of likely N-dealkylation sites (tertiary alicyclic amines) is 1. The second-order valence-corrected chi connectivity index (χ2v) is 9.90. The second-order valence-electron chi connectivity index (χ2n) is 9.04. The quantitative estimate of drug-likeness (QED) is 0.273. The number of nitrogens with one attached hydrogen (secondary N) is 3. The van der Waals surface area contributed by atoms with Gasteiger partial charge in [-0.25, -0.2) is 14.8 Å². The normalized spacial score (nSPS) is 14.9. The van der Waals surface area contributed by atoms with Crippen molar-refractivity contribution in [2.45, 2.75) is 6.42 Å². The Kier molecular flexibility index (Phi) is 6.83. The topological polar surface area (TPSA) is 138 Å². The number of thiazole rings is 1. The summed E-state index contributed by atoms with van der Waals surface area (Å²) in [6, 6.07) is 15.8. The zero-order chi connectivity index (χ0) is 26.6. The van der Waals surface area contributed by atoms with E-state index in [0.717, 1.165) is 23.1 Å². The van der Waals surface area contributed by atoms with E-state index in [0.29, 0.717) is 47.8 Å². The predicted octanol–water partition coefficient (Wildman–Crippen LogP) is 4.66. The summed E-state index contributed by atoms with van der Waals surface area (Å²) in [4.78, 5) is 47.6. The van der Waals surface area contributed by atoms with Crippen LogP contribution in [-0.2, 0) is 0 Å². The van der Waals surface area contributed by atoms with Gasteiger partial charge in [-0.2, -0.15) is 4.98 Å². The van der Waals surface area contributed by atoms with Crippen LogP contribution in [0.2, 0.25) is 0 Å². The monoisotopic (exact) mass is 540 g/mol. The van der Waals surface area contributed by atoms with Crippen LogP contribution in [0.15, 0.2) is 72.5 Å². The number of nitrogens with zero attached hydrogens (tertiary/aromatic N) is 5. The second kappa shape index (κ2) is 10.9. The molecule has 0 aliphatic carbocycles. The molecule has 0 bridgehead atoms. The number of hydrogen-bond donors (Lipinski definition) is 3. The van der Waals surface area contributed by atoms with Crippen LogP contribution in [0, 0.1) is 5.92 Å². The lowest BCUT2D eigenvalue weighted by molar-refractivity contribution is 0.0783. The first-order valence-electron chi connectivity index (χ1n) is 12.4. The Balaban J connectivity index is 0.997. The number of aromatic nitrogens is 5. The minimum absolute atomic E-state index is 0.00304. The van der Waals surface area contributed by atoms with Gasteiger partial charge in [0.25, 0.3) is 5.91 Å². The molecule has 6 rings (SSSR count). The fraction of sp³-hybridized carbons (Fsp3) is 0.185. The Hall–Kier alpha value is -4.84. The number of fused-ring (bicyclic) bond motifs is 1. The number of rotatable bonds is 7. The molecule has 11 nitrogen and oxygen atoms in total. The number of imidazole rings is 1. The van der Waals surface area contributed by atoms with Gasteiger partial charge in [-0.15, -0.1) is 11.3 Å². The molecule has 0 radical (unpaired) electrons. The Labute approximate surface area is 227 Å². The average molecular weight is 541 g/mol. The zero-order valence-corrected chi connectivity index (χ0v) is 21.5. The maximum Gasteiger partial charge on any atom is 0.326 e. The Bertz CT molecular complexity index is 1620. The summed E-state index contributed by atoms with van der Waals surface area (Å²) in [5, 5.41) is 7.71. The molecule has 1 unspecified atom stereocenters. The van der Waals surface area contributed by atoms with E-state index in [1.54, 1.807) is 30.7 Å². The first kappa shape index (κ1) is 24.5. The third-order valence-corrected chi connectivity index (χ3v) is 7.08. The van der Waals surface area contributed by atoms with Gasteiger partial charge in [0.05, 0.1) is 29.7 Å². The third kappa shape index (κ3) is 5.70. The molecule has 1 aromatic carbocycles. The van der Waals surface area contributed by atoms with Gasteiger partial charge >= 0.3 is 6.03 Å². The van der Waals surface area contributed by atoms with E-state index in [4.69, 9.17) is 4.74 Å². The summed E-state index contributed by atoms with van der Waals surface area (Å²) in [6.07, 6.45) is 4.15. The molecule has 1 atom stereocenters. The number of carbonyl (C=O) groups excluding carboxylic acids is 2. The van der Waals surface area contributed by atoms with Crippen molar-refractivity contribution >= 4 is 45.3 Å². The van der Waals surface area contributed by atoms with Crippen LogP contribution in [0.3, 0.4) is 0 Å². The van der Waals surface area contributed by atoms with Gasteiger partial charge in [0.15, 0.2) is 5.13 Å². The molecule has 1 aliphatic rings. The van der Waals surface area contributed by atoms with Gasteiger partial charge in [0.1, 0.15) is 11.5 Å². The smallest absolute Gasteiger partial charge is 0.326 e. The van der Waals surface area contributed by atoms with Crippen LogP contribution in [0.1, 0.15) is 16.8 Å². The first-order valence-corrected chi connectivity index (χ1v) is 13.3. The van der Waals surface area contributed by atoms with Gasteiger partial charge in [-0.1, -0.05) is 12.1 Å². The van der Waals surface area contributed by atoms with Crippen LogP contribution in [0.4, 0.5) is 15.7 Å². The van der Waals surface area contributed by atoms with Crippen molar-refractivity contribution in [3.63, 3.8) is 0 Å². The van der Waals surface area contributed by atoms with Gasteiger partial charge in [0.2, 0.25) is 5.88 Å². The van der Waals surface area contributed by atoms with Crippen LogP contribution in [0.25, 0.3) is 22.4 Å². The van der Waals surface area contributed by atoms with E-state index in [1.165, 1.54) is 11.3 Å². The Morgan fingerprint density at radius 3 is 2.90 bits per heavy atom. The summed E-state index contributed by atoms with van der Waals surface area (Å²) in [5.41, 5.74) is 3.74. The standard InChI is InChI=1S/C27H24N8O3S/c36-25(18-7-8-20-21(12-18)30-16-29-20)35-11-9-17(13-35)14-38-24-6-3-5-23(32-24)33-26(37)34-27-31-22(15-39-27)19-4-1-2-10-28-19/h1-8,10,12,15-17H,9,11,13-14H2,(H,29,30)(H2,31,32,33,34,37).